The number of thioether (sulfide) groups is 1. The summed E-state index contributed by atoms with van der Waals surface area (Å²) in [5.41, 5.74) is 1.85. The minimum absolute atomic E-state index is 0.0670. The molecule has 0 unspecified atom stereocenters. The van der Waals surface area contributed by atoms with Gasteiger partial charge in [-0.05, 0) is 69.6 Å². The Morgan fingerprint density at radius 1 is 1.03 bits per heavy atom. The summed E-state index contributed by atoms with van der Waals surface area (Å²) in [6.45, 7) is 6.59. The van der Waals surface area contributed by atoms with Crippen LogP contribution in [0, 0.1) is 5.82 Å². The van der Waals surface area contributed by atoms with Gasteiger partial charge >= 0.3 is 0 Å². The van der Waals surface area contributed by atoms with E-state index in [2.05, 4.69) is 20.4 Å². The molecule has 1 aliphatic rings. The largest absolute Gasteiger partial charge is 0.349 e. The van der Waals surface area contributed by atoms with Gasteiger partial charge in [-0.2, -0.15) is 0 Å². The molecule has 0 radical (unpaired) electrons. The maximum Gasteiger partial charge on any atom is 0.233 e. The van der Waals surface area contributed by atoms with Crippen LogP contribution in [0.5, 0.6) is 0 Å². The lowest BCUT2D eigenvalue weighted by Gasteiger charge is -2.26. The number of amides is 1. The third-order valence-corrected chi connectivity index (χ3v) is 6.95. The zero-order valence-electron chi connectivity index (χ0n) is 19.1. The van der Waals surface area contributed by atoms with Crippen LogP contribution in [0.3, 0.4) is 0 Å². The standard InChI is InChI=1S/C25H30FN5OS/c1-18(20-9-5-3-6-10-20)27-24(32)19(2)33-25-29-28-23(17-30-15-7-4-8-16-30)31(25)22-13-11-21(26)12-14-22/h3,5-6,9-14,18-19H,4,7-8,15-17H2,1-2H3,(H,27,32)/t18-,19+/m1/s1. The van der Waals surface area contributed by atoms with Crippen LogP contribution in [0.25, 0.3) is 5.69 Å². The molecule has 0 bridgehead atoms. The van der Waals surface area contributed by atoms with Crippen LogP contribution in [0.2, 0.25) is 0 Å². The van der Waals surface area contributed by atoms with Crippen molar-refractivity contribution >= 4 is 17.7 Å². The highest BCUT2D eigenvalue weighted by Crippen LogP contribution is 2.27. The topological polar surface area (TPSA) is 63.1 Å². The van der Waals surface area contributed by atoms with Crippen LogP contribution in [-0.4, -0.2) is 43.9 Å². The Kier molecular flexibility index (Phi) is 7.77. The second-order valence-electron chi connectivity index (χ2n) is 8.45. The number of benzene rings is 2. The maximum absolute atomic E-state index is 13.6. The summed E-state index contributed by atoms with van der Waals surface area (Å²) in [4.78, 5) is 15.3. The average Bonchev–Trinajstić information content (AvgIpc) is 3.22. The lowest BCUT2D eigenvalue weighted by atomic mass is 10.1. The molecule has 6 nitrogen and oxygen atoms in total. The minimum atomic E-state index is -0.373. The molecular formula is C25H30FN5OS. The van der Waals surface area contributed by atoms with E-state index < -0.39 is 0 Å². The van der Waals surface area contributed by atoms with Gasteiger partial charge in [0.15, 0.2) is 11.0 Å². The highest BCUT2D eigenvalue weighted by atomic mass is 32.2. The molecule has 174 valence electrons. The smallest absolute Gasteiger partial charge is 0.233 e. The Labute approximate surface area is 198 Å². The molecule has 33 heavy (non-hydrogen) atoms. The number of hydrogen-bond donors (Lipinski definition) is 1. The van der Waals surface area contributed by atoms with Gasteiger partial charge in [0, 0.05) is 5.69 Å². The number of nitrogens with zero attached hydrogens (tertiary/aromatic N) is 4. The summed E-state index contributed by atoms with van der Waals surface area (Å²) in [6, 6.07) is 16.1. The molecule has 1 N–H and O–H groups in total. The van der Waals surface area contributed by atoms with Crippen molar-refractivity contribution in [1.82, 2.24) is 25.0 Å². The van der Waals surface area contributed by atoms with E-state index in [1.165, 1.54) is 43.2 Å². The Bertz CT molecular complexity index is 1050. The first-order chi connectivity index (χ1) is 16.0. The molecule has 4 rings (SSSR count). The van der Waals surface area contributed by atoms with E-state index in [0.29, 0.717) is 11.7 Å². The molecule has 2 heterocycles. The van der Waals surface area contributed by atoms with E-state index in [-0.39, 0.29) is 23.0 Å². The van der Waals surface area contributed by atoms with Crippen molar-refractivity contribution < 1.29 is 9.18 Å². The number of carbonyl (C=O) groups is 1. The number of aromatic nitrogens is 3. The molecule has 0 spiro atoms. The molecule has 1 amide bonds. The highest BCUT2D eigenvalue weighted by Gasteiger charge is 2.23. The minimum Gasteiger partial charge on any atom is -0.349 e. The molecule has 0 aliphatic carbocycles. The highest BCUT2D eigenvalue weighted by molar-refractivity contribution is 8.00. The summed E-state index contributed by atoms with van der Waals surface area (Å²) in [7, 11) is 0. The van der Waals surface area contributed by atoms with Crippen molar-refractivity contribution in [1.29, 1.82) is 0 Å². The van der Waals surface area contributed by atoms with Gasteiger partial charge in [-0.25, -0.2) is 4.39 Å². The second-order valence-corrected chi connectivity index (χ2v) is 9.76. The van der Waals surface area contributed by atoms with Gasteiger partial charge < -0.3 is 5.32 Å². The molecular weight excluding hydrogens is 437 g/mol. The number of carbonyl (C=O) groups excluding carboxylic acids is 1. The second kappa shape index (κ2) is 10.9. The molecule has 1 aliphatic heterocycles. The van der Waals surface area contributed by atoms with E-state index in [1.54, 1.807) is 12.1 Å². The summed E-state index contributed by atoms with van der Waals surface area (Å²) in [5.74, 6) is 0.445. The predicted molar refractivity (Wildman–Crippen MR) is 129 cm³/mol. The van der Waals surface area contributed by atoms with Crippen molar-refractivity contribution in [3.05, 3.63) is 71.8 Å². The normalized spacial score (nSPS) is 16.3. The number of rotatable bonds is 8. The average molecular weight is 468 g/mol. The Balaban J connectivity index is 1.52. The first-order valence-electron chi connectivity index (χ1n) is 11.5. The molecule has 8 heteroatoms. The van der Waals surface area contributed by atoms with E-state index >= 15 is 0 Å². The quantitative estimate of drug-likeness (QED) is 0.485. The van der Waals surface area contributed by atoms with Gasteiger partial charge in [0.25, 0.3) is 0 Å². The number of likely N-dealkylation sites (tertiary alicyclic amines) is 1. The van der Waals surface area contributed by atoms with E-state index in [0.717, 1.165) is 30.2 Å². The zero-order valence-corrected chi connectivity index (χ0v) is 19.9. The summed E-state index contributed by atoms with van der Waals surface area (Å²) >= 11 is 1.36. The molecule has 3 aromatic rings. The molecule has 1 fully saturated rings. The molecule has 1 aromatic heterocycles. The van der Waals surface area contributed by atoms with Crippen LogP contribution >= 0.6 is 11.8 Å². The number of piperidine rings is 1. The van der Waals surface area contributed by atoms with Crippen LogP contribution in [0.15, 0.2) is 59.8 Å². The fourth-order valence-corrected chi connectivity index (χ4v) is 4.91. The van der Waals surface area contributed by atoms with Crippen molar-refractivity contribution in [2.75, 3.05) is 13.1 Å². The zero-order chi connectivity index (χ0) is 23.2. The van der Waals surface area contributed by atoms with E-state index in [4.69, 9.17) is 0 Å². The number of hydrogen-bond acceptors (Lipinski definition) is 5. The van der Waals surface area contributed by atoms with Crippen molar-refractivity contribution in [3.8, 4) is 5.69 Å². The fraction of sp³-hybridized carbons (Fsp3) is 0.400. The Hall–Kier alpha value is -2.71. The van der Waals surface area contributed by atoms with Gasteiger partial charge in [-0.1, -0.05) is 48.5 Å². The predicted octanol–water partition coefficient (Wildman–Crippen LogP) is 4.75. The molecule has 0 saturated carbocycles. The summed E-state index contributed by atoms with van der Waals surface area (Å²) < 4.78 is 15.5. The van der Waals surface area contributed by atoms with Crippen molar-refractivity contribution in [2.24, 2.45) is 0 Å². The monoisotopic (exact) mass is 467 g/mol. The van der Waals surface area contributed by atoms with E-state index in [9.17, 15) is 9.18 Å². The molecule has 2 aromatic carbocycles. The summed E-state index contributed by atoms with van der Waals surface area (Å²) in [5, 5.41) is 12.2. The third kappa shape index (κ3) is 6.00. The van der Waals surface area contributed by atoms with Crippen molar-refractivity contribution in [2.45, 2.75) is 56.1 Å². The van der Waals surface area contributed by atoms with Crippen LogP contribution in [0.1, 0.15) is 50.5 Å². The van der Waals surface area contributed by atoms with Crippen LogP contribution in [0.4, 0.5) is 4.39 Å². The molecule has 1 saturated heterocycles. The van der Waals surface area contributed by atoms with Gasteiger partial charge in [0.1, 0.15) is 5.82 Å². The van der Waals surface area contributed by atoms with Crippen LogP contribution < -0.4 is 5.32 Å². The van der Waals surface area contributed by atoms with Gasteiger partial charge in [-0.3, -0.25) is 14.3 Å². The van der Waals surface area contributed by atoms with Crippen LogP contribution in [-0.2, 0) is 11.3 Å². The lowest BCUT2D eigenvalue weighted by Crippen LogP contribution is -2.33. The van der Waals surface area contributed by atoms with Crippen molar-refractivity contribution in [3.63, 3.8) is 0 Å². The van der Waals surface area contributed by atoms with Gasteiger partial charge in [0.2, 0.25) is 5.91 Å². The number of halogens is 1. The van der Waals surface area contributed by atoms with Gasteiger partial charge in [-0.15, -0.1) is 10.2 Å². The third-order valence-electron chi connectivity index (χ3n) is 5.91. The first-order valence-corrected chi connectivity index (χ1v) is 12.3. The lowest BCUT2D eigenvalue weighted by molar-refractivity contribution is -0.120. The Morgan fingerprint density at radius 2 is 1.73 bits per heavy atom. The molecule has 2 atom stereocenters. The number of nitrogens with one attached hydrogen (secondary N) is 1. The summed E-state index contributed by atoms with van der Waals surface area (Å²) in [6.07, 6.45) is 3.63. The van der Waals surface area contributed by atoms with E-state index in [1.807, 2.05) is 48.7 Å². The fourth-order valence-electron chi connectivity index (χ4n) is 4.01. The van der Waals surface area contributed by atoms with Gasteiger partial charge in [0.05, 0.1) is 17.8 Å². The Morgan fingerprint density at radius 3 is 2.42 bits per heavy atom. The first kappa shape index (κ1) is 23.4. The maximum atomic E-state index is 13.6. The SMILES string of the molecule is C[C@H](Sc1nnc(CN2CCCCC2)n1-c1ccc(F)cc1)C(=O)N[C@H](C)c1ccccc1.